The summed E-state index contributed by atoms with van der Waals surface area (Å²) >= 11 is 0. The Kier molecular flexibility index (Phi) is 4.66. The first kappa shape index (κ1) is 19.2. The molecule has 1 aliphatic rings. The first-order valence-corrected chi connectivity index (χ1v) is 10.1. The zero-order valence-corrected chi connectivity index (χ0v) is 17.6. The van der Waals surface area contributed by atoms with Crippen molar-refractivity contribution in [2.75, 3.05) is 14.2 Å². The van der Waals surface area contributed by atoms with E-state index in [0.717, 1.165) is 22.6 Å². The highest BCUT2D eigenvalue weighted by Gasteiger charge is 2.30. The van der Waals surface area contributed by atoms with Crippen LogP contribution in [0.5, 0.6) is 11.5 Å². The topological polar surface area (TPSA) is 78.6 Å². The first-order chi connectivity index (χ1) is 15.1. The molecule has 1 aliphatic carbocycles. The fourth-order valence-corrected chi connectivity index (χ4v) is 4.08. The van der Waals surface area contributed by atoms with Crippen LogP contribution in [0.15, 0.2) is 48.7 Å². The molecule has 0 unspecified atom stereocenters. The summed E-state index contributed by atoms with van der Waals surface area (Å²) in [6.07, 6.45) is 2.78. The molecular weight excluding hydrogens is 392 g/mol. The number of rotatable bonds is 4. The van der Waals surface area contributed by atoms with E-state index in [0.29, 0.717) is 35.8 Å². The average Bonchev–Trinajstić information content (AvgIpc) is 3.20. The molecule has 0 radical (unpaired) electrons. The maximum atomic E-state index is 13.0. The second-order valence-corrected chi connectivity index (χ2v) is 7.78. The minimum absolute atomic E-state index is 0.0182. The Morgan fingerprint density at radius 1 is 1.00 bits per heavy atom. The zero-order chi connectivity index (χ0) is 21.5. The standard InChI is InChI=1S/C24H22N4O3/c1-14-4-6-15(7-5-14)23-26-24-25-20-10-16(11-21(29)19(20)13-28(24)27-23)18-9-8-17(30-2)12-22(18)31-3/h4-9,12-13,16H,10-11H2,1-3H3/t16-/m0/s1. The number of nitrogens with zero attached hydrogens (tertiary/aromatic N) is 4. The number of ether oxygens (including phenoxy) is 2. The van der Waals surface area contributed by atoms with Crippen molar-refractivity contribution in [3.8, 4) is 22.9 Å². The Balaban J connectivity index is 1.52. The summed E-state index contributed by atoms with van der Waals surface area (Å²) in [6, 6.07) is 13.7. The van der Waals surface area contributed by atoms with Gasteiger partial charge in [-0.3, -0.25) is 4.79 Å². The smallest absolute Gasteiger partial charge is 0.252 e. The Labute approximate surface area is 179 Å². The molecule has 7 nitrogen and oxygen atoms in total. The molecule has 0 fully saturated rings. The highest BCUT2D eigenvalue weighted by atomic mass is 16.5. The fourth-order valence-electron chi connectivity index (χ4n) is 4.08. The molecule has 31 heavy (non-hydrogen) atoms. The first-order valence-electron chi connectivity index (χ1n) is 10.1. The number of aryl methyl sites for hydroxylation is 1. The third-order valence-corrected chi connectivity index (χ3v) is 5.77. The lowest BCUT2D eigenvalue weighted by atomic mass is 9.82. The minimum Gasteiger partial charge on any atom is -0.497 e. The second kappa shape index (κ2) is 7.50. The van der Waals surface area contributed by atoms with Crippen molar-refractivity contribution in [3.63, 3.8) is 0 Å². The van der Waals surface area contributed by atoms with Crippen molar-refractivity contribution in [1.29, 1.82) is 0 Å². The summed E-state index contributed by atoms with van der Waals surface area (Å²) in [5.74, 6) is 2.54. The van der Waals surface area contributed by atoms with Gasteiger partial charge in [0.15, 0.2) is 11.6 Å². The van der Waals surface area contributed by atoms with Crippen LogP contribution in [0.25, 0.3) is 17.2 Å². The van der Waals surface area contributed by atoms with Crippen LogP contribution in [0, 0.1) is 6.92 Å². The zero-order valence-electron chi connectivity index (χ0n) is 17.6. The van der Waals surface area contributed by atoms with E-state index < -0.39 is 0 Å². The van der Waals surface area contributed by atoms with Gasteiger partial charge in [-0.2, -0.15) is 4.98 Å². The molecule has 0 saturated carbocycles. The van der Waals surface area contributed by atoms with Gasteiger partial charge in [-0.05, 0) is 25.0 Å². The monoisotopic (exact) mass is 414 g/mol. The molecule has 0 amide bonds. The van der Waals surface area contributed by atoms with Crippen LogP contribution < -0.4 is 9.47 Å². The van der Waals surface area contributed by atoms with Crippen LogP contribution in [-0.2, 0) is 6.42 Å². The third kappa shape index (κ3) is 3.42. The maximum absolute atomic E-state index is 13.0. The summed E-state index contributed by atoms with van der Waals surface area (Å²) < 4.78 is 12.4. The van der Waals surface area contributed by atoms with E-state index in [4.69, 9.17) is 14.5 Å². The van der Waals surface area contributed by atoms with Gasteiger partial charge in [0.05, 0.1) is 25.5 Å². The quantitative estimate of drug-likeness (QED) is 0.502. The molecule has 0 bridgehead atoms. The lowest BCUT2D eigenvalue weighted by Crippen LogP contribution is -2.21. The molecular formula is C24H22N4O3. The predicted molar refractivity (Wildman–Crippen MR) is 116 cm³/mol. The number of aromatic nitrogens is 4. The molecule has 0 aliphatic heterocycles. The maximum Gasteiger partial charge on any atom is 0.252 e. The van der Waals surface area contributed by atoms with E-state index in [2.05, 4.69) is 10.1 Å². The number of hydrogen-bond donors (Lipinski definition) is 0. The Bertz CT molecular complexity index is 1290. The van der Waals surface area contributed by atoms with Crippen molar-refractivity contribution in [3.05, 3.63) is 71.0 Å². The summed E-state index contributed by atoms with van der Waals surface area (Å²) in [5, 5.41) is 4.54. The van der Waals surface area contributed by atoms with Crippen molar-refractivity contribution in [1.82, 2.24) is 19.6 Å². The van der Waals surface area contributed by atoms with Gasteiger partial charge in [-0.1, -0.05) is 35.9 Å². The SMILES string of the molecule is COc1ccc([C@@H]2CC(=O)c3cn4nc(-c5ccc(C)cc5)nc4nc3C2)c(OC)c1. The number of benzene rings is 2. The predicted octanol–water partition coefficient (Wildman–Crippen LogP) is 4.03. The van der Waals surface area contributed by atoms with Gasteiger partial charge >= 0.3 is 0 Å². The molecule has 2 aromatic carbocycles. The Morgan fingerprint density at radius 2 is 1.81 bits per heavy atom. The molecule has 2 aromatic heterocycles. The molecule has 7 heteroatoms. The van der Waals surface area contributed by atoms with Crippen LogP contribution in [-0.4, -0.2) is 39.6 Å². The number of carbonyl (C=O) groups excluding carboxylic acids is 1. The number of ketones is 1. The van der Waals surface area contributed by atoms with Crippen LogP contribution in [0.4, 0.5) is 0 Å². The van der Waals surface area contributed by atoms with Crippen molar-refractivity contribution in [2.24, 2.45) is 0 Å². The average molecular weight is 414 g/mol. The van der Waals surface area contributed by atoms with Gasteiger partial charge in [0.2, 0.25) is 0 Å². The van der Waals surface area contributed by atoms with Crippen LogP contribution in [0.1, 0.15) is 39.5 Å². The molecule has 2 heterocycles. The number of fused-ring (bicyclic) bond motifs is 2. The molecule has 156 valence electrons. The van der Waals surface area contributed by atoms with E-state index in [1.807, 2.05) is 49.4 Å². The largest absolute Gasteiger partial charge is 0.497 e. The van der Waals surface area contributed by atoms with Crippen molar-refractivity contribution in [2.45, 2.75) is 25.7 Å². The molecule has 1 atom stereocenters. The summed E-state index contributed by atoms with van der Waals surface area (Å²) in [6.45, 7) is 2.04. The molecule has 0 spiro atoms. The van der Waals surface area contributed by atoms with Crippen molar-refractivity contribution < 1.29 is 14.3 Å². The van der Waals surface area contributed by atoms with E-state index in [9.17, 15) is 4.79 Å². The van der Waals surface area contributed by atoms with Gasteiger partial charge in [0.1, 0.15) is 11.5 Å². The highest BCUT2D eigenvalue weighted by molar-refractivity contribution is 5.98. The molecule has 4 aromatic rings. The summed E-state index contributed by atoms with van der Waals surface area (Å²) in [4.78, 5) is 22.3. The number of hydrogen-bond acceptors (Lipinski definition) is 6. The van der Waals surface area contributed by atoms with Gasteiger partial charge in [0, 0.05) is 30.2 Å². The summed E-state index contributed by atoms with van der Waals surface area (Å²) in [5.41, 5.74) is 4.42. The lowest BCUT2D eigenvalue weighted by Gasteiger charge is -2.24. The van der Waals surface area contributed by atoms with Crippen LogP contribution in [0.2, 0.25) is 0 Å². The van der Waals surface area contributed by atoms with Crippen LogP contribution >= 0.6 is 0 Å². The minimum atomic E-state index is -0.0182. The van der Waals surface area contributed by atoms with Gasteiger partial charge in [-0.15, -0.1) is 5.10 Å². The Morgan fingerprint density at radius 3 is 2.55 bits per heavy atom. The fraction of sp³-hybridized carbons (Fsp3) is 0.250. The highest BCUT2D eigenvalue weighted by Crippen LogP contribution is 2.38. The van der Waals surface area contributed by atoms with Crippen molar-refractivity contribution >= 4 is 11.6 Å². The second-order valence-electron chi connectivity index (χ2n) is 7.78. The Hall–Kier alpha value is -3.74. The van der Waals surface area contributed by atoms with E-state index in [1.54, 1.807) is 24.9 Å². The van der Waals surface area contributed by atoms with E-state index >= 15 is 0 Å². The number of methoxy groups -OCH3 is 2. The van der Waals surface area contributed by atoms with Gasteiger partial charge in [-0.25, -0.2) is 9.50 Å². The van der Waals surface area contributed by atoms with E-state index in [-0.39, 0.29) is 11.7 Å². The third-order valence-electron chi connectivity index (χ3n) is 5.77. The lowest BCUT2D eigenvalue weighted by molar-refractivity contribution is 0.0962. The molecule has 5 rings (SSSR count). The summed E-state index contributed by atoms with van der Waals surface area (Å²) in [7, 11) is 3.24. The number of carbonyl (C=O) groups is 1. The van der Waals surface area contributed by atoms with Gasteiger partial charge in [0.25, 0.3) is 5.78 Å². The van der Waals surface area contributed by atoms with Gasteiger partial charge < -0.3 is 9.47 Å². The normalized spacial score (nSPS) is 15.7. The van der Waals surface area contributed by atoms with Crippen LogP contribution in [0.3, 0.4) is 0 Å². The number of Topliss-reactive ketones (excluding diaryl/α,β-unsaturated/α-hetero) is 1. The van der Waals surface area contributed by atoms with E-state index in [1.165, 1.54) is 5.56 Å². The molecule has 0 N–H and O–H groups in total. The molecule has 0 saturated heterocycles.